The lowest BCUT2D eigenvalue weighted by Gasteiger charge is -2.29. The van der Waals surface area contributed by atoms with E-state index in [0.717, 1.165) is 22.6 Å². The molecule has 1 aliphatic heterocycles. The van der Waals surface area contributed by atoms with Crippen LogP contribution in [0.2, 0.25) is 0 Å². The zero-order valence-electron chi connectivity index (χ0n) is 11.6. The van der Waals surface area contributed by atoms with Gasteiger partial charge in [0, 0.05) is 17.5 Å². The average molecular weight is 269 g/mol. The fraction of sp³-hybridized carbons (Fsp3) is 0.294. The number of rotatable bonds is 3. The van der Waals surface area contributed by atoms with Gasteiger partial charge in [-0.05, 0) is 23.8 Å². The Bertz CT molecular complexity index is 583. The second-order valence-corrected chi connectivity index (χ2v) is 5.29. The molecule has 2 unspecified atom stereocenters. The Labute approximate surface area is 119 Å². The van der Waals surface area contributed by atoms with E-state index in [1.54, 1.807) is 0 Å². The highest BCUT2D eigenvalue weighted by atomic mass is 16.5. The predicted octanol–water partition coefficient (Wildman–Crippen LogP) is 3.29. The Morgan fingerprint density at radius 1 is 1.20 bits per heavy atom. The molecule has 0 bridgehead atoms. The second-order valence-electron chi connectivity index (χ2n) is 5.29. The fourth-order valence-electron chi connectivity index (χ4n) is 2.38. The van der Waals surface area contributed by atoms with Gasteiger partial charge in [-0.2, -0.15) is 0 Å². The molecule has 2 aromatic rings. The summed E-state index contributed by atoms with van der Waals surface area (Å²) in [6, 6.07) is 16.0. The molecule has 0 aliphatic carbocycles. The number of fused-ring (bicyclic) bond motifs is 1. The first-order valence-electron chi connectivity index (χ1n) is 6.93. The molecule has 3 rings (SSSR count). The van der Waals surface area contributed by atoms with Crippen molar-refractivity contribution in [2.75, 3.05) is 6.61 Å². The Hall–Kier alpha value is -2.00. The minimum atomic E-state index is 0.0130. The molecule has 104 valence electrons. The van der Waals surface area contributed by atoms with Crippen LogP contribution in [-0.2, 0) is 6.61 Å². The molecule has 20 heavy (non-hydrogen) atoms. The van der Waals surface area contributed by atoms with E-state index >= 15 is 0 Å². The average Bonchev–Trinajstić information content (AvgIpc) is 2.50. The van der Waals surface area contributed by atoms with Crippen molar-refractivity contribution in [1.29, 1.82) is 0 Å². The Morgan fingerprint density at radius 3 is 2.80 bits per heavy atom. The van der Waals surface area contributed by atoms with Crippen molar-refractivity contribution in [3.05, 3.63) is 59.7 Å². The van der Waals surface area contributed by atoms with Crippen molar-refractivity contribution in [2.24, 2.45) is 11.7 Å². The summed E-state index contributed by atoms with van der Waals surface area (Å²) in [6.45, 7) is 3.34. The maximum Gasteiger partial charge on any atom is 0.124 e. The fourth-order valence-corrected chi connectivity index (χ4v) is 2.38. The van der Waals surface area contributed by atoms with Crippen molar-refractivity contribution in [3.8, 4) is 11.5 Å². The second kappa shape index (κ2) is 5.55. The minimum Gasteiger partial charge on any atom is -0.493 e. The molecular weight excluding hydrogens is 250 g/mol. The van der Waals surface area contributed by atoms with Crippen LogP contribution in [0.3, 0.4) is 0 Å². The third kappa shape index (κ3) is 2.63. The van der Waals surface area contributed by atoms with Gasteiger partial charge in [-0.25, -0.2) is 0 Å². The summed E-state index contributed by atoms with van der Waals surface area (Å²) < 4.78 is 11.5. The zero-order valence-corrected chi connectivity index (χ0v) is 11.6. The Morgan fingerprint density at radius 2 is 2.00 bits per heavy atom. The van der Waals surface area contributed by atoms with Crippen LogP contribution in [0.15, 0.2) is 48.5 Å². The molecule has 0 aromatic heterocycles. The smallest absolute Gasteiger partial charge is 0.124 e. The topological polar surface area (TPSA) is 44.5 Å². The predicted molar refractivity (Wildman–Crippen MR) is 78.8 cm³/mol. The molecule has 0 saturated carbocycles. The quantitative estimate of drug-likeness (QED) is 0.930. The van der Waals surface area contributed by atoms with Crippen LogP contribution in [0.1, 0.15) is 24.1 Å². The SMILES string of the molecule is CC1COc2ccc(OCc3ccccc3)cc2C1N. The van der Waals surface area contributed by atoms with E-state index in [4.69, 9.17) is 15.2 Å². The lowest BCUT2D eigenvalue weighted by Crippen LogP contribution is -2.29. The van der Waals surface area contributed by atoms with Gasteiger partial charge in [-0.15, -0.1) is 0 Å². The van der Waals surface area contributed by atoms with Gasteiger partial charge in [0.05, 0.1) is 6.61 Å². The monoisotopic (exact) mass is 269 g/mol. The number of ether oxygens (including phenoxy) is 2. The molecule has 0 amide bonds. The molecule has 2 N–H and O–H groups in total. The van der Waals surface area contributed by atoms with Crippen LogP contribution in [0.5, 0.6) is 11.5 Å². The van der Waals surface area contributed by atoms with Crippen LogP contribution in [0.25, 0.3) is 0 Å². The van der Waals surface area contributed by atoms with Gasteiger partial charge in [-0.1, -0.05) is 37.3 Å². The summed E-state index contributed by atoms with van der Waals surface area (Å²) in [5.41, 5.74) is 8.42. The van der Waals surface area contributed by atoms with E-state index in [2.05, 4.69) is 19.1 Å². The summed E-state index contributed by atoms with van der Waals surface area (Å²) >= 11 is 0. The lowest BCUT2D eigenvalue weighted by atomic mass is 9.93. The molecule has 3 heteroatoms. The van der Waals surface area contributed by atoms with Gasteiger partial charge < -0.3 is 15.2 Å². The molecule has 1 heterocycles. The van der Waals surface area contributed by atoms with Gasteiger partial charge in [0.2, 0.25) is 0 Å². The first kappa shape index (κ1) is 13.0. The maximum absolute atomic E-state index is 6.23. The highest BCUT2D eigenvalue weighted by molar-refractivity contribution is 5.43. The van der Waals surface area contributed by atoms with Crippen molar-refractivity contribution in [1.82, 2.24) is 0 Å². The van der Waals surface area contributed by atoms with Crippen LogP contribution in [0, 0.1) is 5.92 Å². The highest BCUT2D eigenvalue weighted by Gasteiger charge is 2.25. The van der Waals surface area contributed by atoms with Gasteiger partial charge in [0.1, 0.15) is 18.1 Å². The number of benzene rings is 2. The lowest BCUT2D eigenvalue weighted by molar-refractivity contribution is 0.206. The first-order valence-corrected chi connectivity index (χ1v) is 6.93. The van der Waals surface area contributed by atoms with Crippen molar-refractivity contribution in [2.45, 2.75) is 19.6 Å². The van der Waals surface area contributed by atoms with Crippen LogP contribution in [-0.4, -0.2) is 6.61 Å². The first-order chi connectivity index (χ1) is 9.74. The molecule has 0 spiro atoms. The summed E-state index contributed by atoms with van der Waals surface area (Å²) in [4.78, 5) is 0. The number of nitrogens with two attached hydrogens (primary N) is 1. The van der Waals surface area contributed by atoms with E-state index in [9.17, 15) is 0 Å². The minimum absolute atomic E-state index is 0.0130. The Balaban J connectivity index is 1.75. The largest absolute Gasteiger partial charge is 0.493 e. The van der Waals surface area contributed by atoms with Crippen LogP contribution in [0.4, 0.5) is 0 Å². The molecule has 3 nitrogen and oxygen atoms in total. The molecule has 2 aromatic carbocycles. The Kier molecular flexibility index (Phi) is 3.61. The zero-order chi connectivity index (χ0) is 13.9. The summed E-state index contributed by atoms with van der Waals surface area (Å²) in [7, 11) is 0. The molecule has 0 radical (unpaired) electrons. The molecule has 0 fully saturated rings. The standard InChI is InChI=1S/C17H19NO2/c1-12-10-20-16-8-7-14(9-15(16)17(12)18)19-11-13-5-3-2-4-6-13/h2-9,12,17H,10-11,18H2,1H3. The maximum atomic E-state index is 6.23. The summed E-state index contributed by atoms with van der Waals surface area (Å²) in [5, 5.41) is 0. The van der Waals surface area contributed by atoms with E-state index < -0.39 is 0 Å². The van der Waals surface area contributed by atoms with E-state index in [-0.39, 0.29) is 6.04 Å². The molecule has 2 atom stereocenters. The van der Waals surface area contributed by atoms with Gasteiger partial charge in [0.25, 0.3) is 0 Å². The van der Waals surface area contributed by atoms with Crippen molar-refractivity contribution < 1.29 is 9.47 Å². The summed E-state index contributed by atoms with van der Waals surface area (Å²) in [6.07, 6.45) is 0. The molecular formula is C17H19NO2. The van der Waals surface area contributed by atoms with Gasteiger partial charge >= 0.3 is 0 Å². The third-order valence-corrected chi connectivity index (χ3v) is 3.70. The highest BCUT2D eigenvalue weighted by Crippen LogP contribution is 2.36. The van der Waals surface area contributed by atoms with E-state index in [1.165, 1.54) is 0 Å². The number of hydrogen-bond acceptors (Lipinski definition) is 3. The van der Waals surface area contributed by atoms with Crippen LogP contribution < -0.4 is 15.2 Å². The van der Waals surface area contributed by atoms with Gasteiger partial charge in [0.15, 0.2) is 0 Å². The van der Waals surface area contributed by atoms with E-state index in [0.29, 0.717) is 19.1 Å². The number of hydrogen-bond donors (Lipinski definition) is 1. The van der Waals surface area contributed by atoms with E-state index in [1.807, 2.05) is 36.4 Å². The summed E-state index contributed by atoms with van der Waals surface area (Å²) in [5.74, 6) is 2.04. The molecule has 0 saturated heterocycles. The third-order valence-electron chi connectivity index (χ3n) is 3.70. The normalized spacial score (nSPS) is 20.9. The molecule has 1 aliphatic rings. The van der Waals surface area contributed by atoms with Crippen molar-refractivity contribution in [3.63, 3.8) is 0 Å². The van der Waals surface area contributed by atoms with Gasteiger partial charge in [-0.3, -0.25) is 0 Å². The van der Waals surface area contributed by atoms with Crippen LogP contribution >= 0.6 is 0 Å². The van der Waals surface area contributed by atoms with Crippen molar-refractivity contribution >= 4 is 0 Å².